The van der Waals surface area contributed by atoms with Crippen molar-refractivity contribution >= 4 is 0 Å². The molecule has 3 heteroatoms. The highest BCUT2D eigenvalue weighted by molar-refractivity contribution is 5.33. The fourth-order valence-electron chi connectivity index (χ4n) is 5.92. The Morgan fingerprint density at radius 3 is 2.46 bits per heavy atom. The Balaban J connectivity index is 1.48. The number of piperidine rings is 1. The number of ether oxygens (including phenoxy) is 1. The van der Waals surface area contributed by atoms with E-state index in [2.05, 4.69) is 34.5 Å². The zero-order valence-electron chi connectivity index (χ0n) is 16.5. The van der Waals surface area contributed by atoms with Crippen LogP contribution in [-0.4, -0.2) is 36.7 Å². The minimum absolute atomic E-state index is 0.636. The summed E-state index contributed by atoms with van der Waals surface area (Å²) < 4.78 is 5.56. The van der Waals surface area contributed by atoms with Gasteiger partial charge in [0.1, 0.15) is 5.75 Å². The van der Waals surface area contributed by atoms with E-state index in [1.807, 2.05) is 0 Å². The largest absolute Gasteiger partial charge is 0.496 e. The van der Waals surface area contributed by atoms with Crippen molar-refractivity contribution in [1.82, 2.24) is 10.2 Å². The number of likely N-dealkylation sites (tertiary alicyclic amines) is 1. The van der Waals surface area contributed by atoms with Crippen molar-refractivity contribution in [2.24, 2.45) is 5.92 Å². The van der Waals surface area contributed by atoms with E-state index in [1.54, 1.807) is 7.11 Å². The molecular weight excluding hydrogens is 320 g/mol. The van der Waals surface area contributed by atoms with Crippen LogP contribution in [0.25, 0.3) is 0 Å². The summed E-state index contributed by atoms with van der Waals surface area (Å²) in [6.07, 6.45) is 14.2. The Labute approximate surface area is 159 Å². The molecule has 3 aliphatic rings. The lowest BCUT2D eigenvalue weighted by Gasteiger charge is -2.48. The van der Waals surface area contributed by atoms with Crippen LogP contribution in [0.2, 0.25) is 0 Å². The van der Waals surface area contributed by atoms with E-state index in [4.69, 9.17) is 4.74 Å². The number of rotatable bonds is 6. The fourth-order valence-corrected chi connectivity index (χ4v) is 5.92. The molecule has 1 saturated heterocycles. The molecule has 0 spiro atoms. The van der Waals surface area contributed by atoms with Gasteiger partial charge in [-0.05, 0) is 57.1 Å². The molecule has 144 valence electrons. The Hall–Kier alpha value is -1.06. The lowest BCUT2D eigenvalue weighted by molar-refractivity contribution is 0.0332. The van der Waals surface area contributed by atoms with Gasteiger partial charge in [0.15, 0.2) is 0 Å². The zero-order valence-corrected chi connectivity index (χ0v) is 16.5. The van der Waals surface area contributed by atoms with Gasteiger partial charge in [0.05, 0.1) is 7.11 Å². The molecule has 3 nitrogen and oxygen atoms in total. The average Bonchev–Trinajstić information content (AvgIpc) is 3.40. The van der Waals surface area contributed by atoms with Gasteiger partial charge in [-0.15, -0.1) is 0 Å². The van der Waals surface area contributed by atoms with Gasteiger partial charge in [-0.3, -0.25) is 4.90 Å². The molecule has 3 fully saturated rings. The van der Waals surface area contributed by atoms with Crippen LogP contribution < -0.4 is 10.1 Å². The van der Waals surface area contributed by atoms with Crippen molar-refractivity contribution in [3.05, 3.63) is 29.8 Å². The van der Waals surface area contributed by atoms with Gasteiger partial charge in [-0.1, -0.05) is 43.9 Å². The first-order valence-corrected chi connectivity index (χ1v) is 11.0. The molecule has 0 amide bonds. The summed E-state index contributed by atoms with van der Waals surface area (Å²) in [7, 11) is 1.78. The molecule has 4 rings (SSSR count). The first-order chi connectivity index (χ1) is 12.9. The summed E-state index contributed by atoms with van der Waals surface area (Å²) in [6.45, 7) is 2.26. The summed E-state index contributed by atoms with van der Waals surface area (Å²) in [5.74, 6) is 1.92. The second-order valence-electron chi connectivity index (χ2n) is 8.65. The highest BCUT2D eigenvalue weighted by Crippen LogP contribution is 2.38. The van der Waals surface area contributed by atoms with Gasteiger partial charge in [0.2, 0.25) is 0 Å². The van der Waals surface area contributed by atoms with Crippen LogP contribution in [-0.2, 0) is 6.54 Å². The number of para-hydroxylation sites is 1. The Morgan fingerprint density at radius 2 is 1.69 bits per heavy atom. The number of hydrogen-bond acceptors (Lipinski definition) is 3. The molecule has 1 heterocycles. The van der Waals surface area contributed by atoms with E-state index < -0.39 is 0 Å². The normalized spacial score (nSPS) is 28.7. The second-order valence-corrected chi connectivity index (χ2v) is 8.65. The molecule has 0 radical (unpaired) electrons. The Morgan fingerprint density at radius 1 is 0.962 bits per heavy atom. The molecule has 1 aromatic carbocycles. The standard InChI is InChI=1S/C23H36N2O/c1-26-22-15-7-4-11-19(22)17-24-21-14-8-16-25(20-12-5-6-13-20)23(21)18-9-2-3-10-18/h4,7,11,15,18,20-21,23-24H,2-3,5-6,8-10,12-14,16-17H2,1H3. The molecule has 0 aromatic heterocycles. The van der Waals surface area contributed by atoms with Crippen molar-refractivity contribution in [2.45, 2.75) is 88.9 Å². The van der Waals surface area contributed by atoms with Crippen LogP contribution >= 0.6 is 0 Å². The smallest absolute Gasteiger partial charge is 0.123 e. The quantitative estimate of drug-likeness (QED) is 0.796. The molecule has 2 atom stereocenters. The summed E-state index contributed by atoms with van der Waals surface area (Å²) in [6, 6.07) is 10.7. The number of hydrogen-bond donors (Lipinski definition) is 1. The highest BCUT2D eigenvalue weighted by Gasteiger charge is 2.41. The maximum Gasteiger partial charge on any atom is 0.123 e. The lowest BCUT2D eigenvalue weighted by Crippen LogP contribution is -2.59. The van der Waals surface area contributed by atoms with Crippen LogP contribution in [0.5, 0.6) is 5.75 Å². The predicted molar refractivity (Wildman–Crippen MR) is 108 cm³/mol. The minimum Gasteiger partial charge on any atom is -0.496 e. The fraction of sp³-hybridized carbons (Fsp3) is 0.739. The molecule has 1 N–H and O–H groups in total. The lowest BCUT2D eigenvalue weighted by atomic mass is 9.83. The van der Waals surface area contributed by atoms with E-state index in [-0.39, 0.29) is 0 Å². The first-order valence-electron chi connectivity index (χ1n) is 11.0. The molecular formula is C23H36N2O. The van der Waals surface area contributed by atoms with Crippen LogP contribution in [0, 0.1) is 5.92 Å². The number of nitrogens with zero attached hydrogens (tertiary/aromatic N) is 1. The maximum atomic E-state index is 5.56. The first kappa shape index (κ1) is 18.3. The Bertz CT molecular complexity index is 563. The SMILES string of the molecule is COc1ccccc1CNC1CCCN(C2CCCC2)C1C1CCCC1. The third-order valence-corrected chi connectivity index (χ3v) is 7.15. The second kappa shape index (κ2) is 8.75. The van der Waals surface area contributed by atoms with E-state index >= 15 is 0 Å². The van der Waals surface area contributed by atoms with Crippen molar-refractivity contribution in [3.8, 4) is 5.75 Å². The highest BCUT2D eigenvalue weighted by atomic mass is 16.5. The van der Waals surface area contributed by atoms with Crippen molar-refractivity contribution < 1.29 is 4.74 Å². The van der Waals surface area contributed by atoms with Crippen molar-refractivity contribution in [2.75, 3.05) is 13.7 Å². The summed E-state index contributed by atoms with van der Waals surface area (Å²) in [5, 5.41) is 3.97. The molecule has 2 aliphatic carbocycles. The van der Waals surface area contributed by atoms with E-state index in [9.17, 15) is 0 Å². The van der Waals surface area contributed by atoms with E-state index in [0.717, 1.165) is 30.3 Å². The van der Waals surface area contributed by atoms with E-state index in [1.165, 1.54) is 76.3 Å². The maximum absolute atomic E-state index is 5.56. The van der Waals surface area contributed by atoms with E-state index in [0.29, 0.717) is 6.04 Å². The molecule has 26 heavy (non-hydrogen) atoms. The third-order valence-electron chi connectivity index (χ3n) is 7.15. The number of methoxy groups -OCH3 is 1. The molecule has 0 bridgehead atoms. The monoisotopic (exact) mass is 356 g/mol. The average molecular weight is 357 g/mol. The van der Waals surface area contributed by atoms with Gasteiger partial charge in [0, 0.05) is 30.2 Å². The van der Waals surface area contributed by atoms with Crippen LogP contribution in [0.1, 0.15) is 69.8 Å². The summed E-state index contributed by atoms with van der Waals surface area (Å²) >= 11 is 0. The van der Waals surface area contributed by atoms with Gasteiger partial charge >= 0.3 is 0 Å². The van der Waals surface area contributed by atoms with Gasteiger partial charge < -0.3 is 10.1 Å². The summed E-state index contributed by atoms with van der Waals surface area (Å²) in [4.78, 5) is 2.95. The van der Waals surface area contributed by atoms with Gasteiger partial charge in [-0.25, -0.2) is 0 Å². The molecule has 2 unspecified atom stereocenters. The van der Waals surface area contributed by atoms with Crippen LogP contribution in [0.3, 0.4) is 0 Å². The molecule has 1 aromatic rings. The predicted octanol–water partition coefficient (Wildman–Crippen LogP) is 4.75. The topological polar surface area (TPSA) is 24.5 Å². The summed E-state index contributed by atoms with van der Waals surface area (Å²) in [5.41, 5.74) is 1.29. The van der Waals surface area contributed by atoms with Crippen LogP contribution in [0.4, 0.5) is 0 Å². The van der Waals surface area contributed by atoms with Gasteiger partial charge in [0.25, 0.3) is 0 Å². The minimum atomic E-state index is 0.636. The third kappa shape index (κ3) is 3.94. The number of benzene rings is 1. The van der Waals surface area contributed by atoms with Crippen molar-refractivity contribution in [3.63, 3.8) is 0 Å². The van der Waals surface area contributed by atoms with Gasteiger partial charge in [-0.2, -0.15) is 0 Å². The molecule has 1 aliphatic heterocycles. The van der Waals surface area contributed by atoms with Crippen LogP contribution in [0.15, 0.2) is 24.3 Å². The zero-order chi connectivity index (χ0) is 17.8. The van der Waals surface area contributed by atoms with Crippen molar-refractivity contribution in [1.29, 1.82) is 0 Å². The molecule has 2 saturated carbocycles. The number of nitrogens with one attached hydrogen (secondary N) is 1. The Kier molecular flexibility index (Phi) is 6.16.